The number of anilines is 1. The Morgan fingerprint density at radius 1 is 1.44 bits per heavy atom. The molecule has 0 aliphatic rings. The predicted octanol–water partition coefficient (Wildman–Crippen LogP) is 1.25. The number of carbonyl (C=O) groups is 2. The zero-order valence-electron chi connectivity index (χ0n) is 9.07. The molecule has 9 heteroatoms. The van der Waals surface area contributed by atoms with Crippen LogP contribution in [0.3, 0.4) is 0 Å². The van der Waals surface area contributed by atoms with Gasteiger partial charge in [0.1, 0.15) is 6.54 Å². The minimum absolute atomic E-state index is 0.0171. The Balaban J connectivity index is 2.45. The quantitative estimate of drug-likeness (QED) is 0.839. The van der Waals surface area contributed by atoms with Crippen LogP contribution in [0.4, 0.5) is 19.0 Å². The summed E-state index contributed by atoms with van der Waals surface area (Å²) in [6, 6.07) is 1.30. The summed E-state index contributed by atoms with van der Waals surface area (Å²) >= 11 is 0. The zero-order valence-corrected chi connectivity index (χ0v) is 9.07. The van der Waals surface area contributed by atoms with Gasteiger partial charge in [-0.25, -0.2) is 0 Å². The monoisotopic (exact) mass is 265 g/mol. The van der Waals surface area contributed by atoms with Crippen molar-refractivity contribution in [1.82, 2.24) is 9.78 Å². The number of amides is 1. The van der Waals surface area contributed by atoms with Gasteiger partial charge >= 0.3 is 12.1 Å². The highest BCUT2D eigenvalue weighted by Gasteiger charge is 2.27. The van der Waals surface area contributed by atoms with E-state index in [1.807, 2.05) is 0 Å². The molecule has 1 amide bonds. The van der Waals surface area contributed by atoms with Crippen molar-refractivity contribution in [2.45, 2.75) is 25.6 Å². The number of aromatic nitrogens is 2. The second-order valence-corrected chi connectivity index (χ2v) is 3.46. The van der Waals surface area contributed by atoms with E-state index < -0.39 is 37.4 Å². The van der Waals surface area contributed by atoms with Crippen LogP contribution in [0.2, 0.25) is 0 Å². The average Bonchev–Trinajstić information content (AvgIpc) is 2.60. The van der Waals surface area contributed by atoms with Gasteiger partial charge in [0.2, 0.25) is 5.91 Å². The first kappa shape index (κ1) is 14.0. The first-order chi connectivity index (χ1) is 8.26. The van der Waals surface area contributed by atoms with Crippen molar-refractivity contribution >= 4 is 17.7 Å². The number of aliphatic carboxylic acids is 1. The number of nitrogens with one attached hydrogen (secondary N) is 1. The van der Waals surface area contributed by atoms with Gasteiger partial charge in [-0.3, -0.25) is 14.3 Å². The first-order valence-corrected chi connectivity index (χ1v) is 4.88. The molecule has 0 unspecified atom stereocenters. The van der Waals surface area contributed by atoms with E-state index in [1.165, 1.54) is 12.3 Å². The number of halogens is 3. The van der Waals surface area contributed by atoms with Crippen molar-refractivity contribution in [2.24, 2.45) is 0 Å². The van der Waals surface area contributed by atoms with Gasteiger partial charge in [-0.2, -0.15) is 18.3 Å². The van der Waals surface area contributed by atoms with E-state index in [1.54, 1.807) is 0 Å². The smallest absolute Gasteiger partial charge is 0.389 e. The lowest BCUT2D eigenvalue weighted by Gasteiger charge is -2.05. The van der Waals surface area contributed by atoms with Gasteiger partial charge in [-0.15, -0.1) is 0 Å². The van der Waals surface area contributed by atoms with Crippen LogP contribution in [-0.4, -0.2) is 32.9 Å². The summed E-state index contributed by atoms with van der Waals surface area (Å²) in [6.45, 7) is -0.390. The van der Waals surface area contributed by atoms with Gasteiger partial charge < -0.3 is 10.4 Å². The molecule has 0 fully saturated rings. The van der Waals surface area contributed by atoms with E-state index >= 15 is 0 Å². The molecule has 1 rings (SSSR count). The van der Waals surface area contributed by atoms with Crippen LogP contribution in [0, 0.1) is 0 Å². The summed E-state index contributed by atoms with van der Waals surface area (Å²) in [7, 11) is 0. The Morgan fingerprint density at radius 2 is 2.11 bits per heavy atom. The van der Waals surface area contributed by atoms with Crippen molar-refractivity contribution in [3.8, 4) is 0 Å². The van der Waals surface area contributed by atoms with Crippen molar-refractivity contribution in [2.75, 3.05) is 5.32 Å². The van der Waals surface area contributed by atoms with Gasteiger partial charge in [-0.1, -0.05) is 0 Å². The lowest BCUT2D eigenvalue weighted by atomic mass is 10.3. The van der Waals surface area contributed by atoms with Crippen LogP contribution in [0.1, 0.15) is 12.8 Å². The largest absolute Gasteiger partial charge is 0.480 e. The maximum absolute atomic E-state index is 11.8. The third-order valence-corrected chi connectivity index (χ3v) is 1.84. The molecular formula is C9H10F3N3O3. The van der Waals surface area contributed by atoms with Crippen LogP contribution in [0.5, 0.6) is 0 Å². The van der Waals surface area contributed by atoms with E-state index in [9.17, 15) is 22.8 Å². The normalized spacial score (nSPS) is 11.3. The molecule has 6 nitrogen and oxygen atoms in total. The number of carboxylic acid groups (broad SMARTS) is 1. The third kappa shape index (κ3) is 5.32. The van der Waals surface area contributed by atoms with Crippen LogP contribution >= 0.6 is 0 Å². The molecule has 100 valence electrons. The lowest BCUT2D eigenvalue weighted by Crippen LogP contribution is -2.17. The fourth-order valence-electron chi connectivity index (χ4n) is 1.12. The Morgan fingerprint density at radius 3 is 2.67 bits per heavy atom. The standard InChI is InChI=1S/C9H10F3N3O3/c10-9(11,12)3-1-7(16)13-6-2-4-15(14-6)5-8(17)18/h2,4H,1,3,5H2,(H,17,18)(H,13,14,16). The van der Waals surface area contributed by atoms with E-state index in [4.69, 9.17) is 5.11 Å². The molecule has 1 aromatic rings. The average molecular weight is 265 g/mol. The molecule has 0 bridgehead atoms. The Bertz CT molecular complexity index is 442. The van der Waals surface area contributed by atoms with E-state index in [2.05, 4.69) is 10.4 Å². The maximum atomic E-state index is 11.8. The van der Waals surface area contributed by atoms with Gasteiger partial charge in [0.25, 0.3) is 0 Å². The fraction of sp³-hybridized carbons (Fsp3) is 0.444. The first-order valence-electron chi connectivity index (χ1n) is 4.88. The molecule has 1 aromatic heterocycles. The summed E-state index contributed by atoms with van der Waals surface area (Å²) in [6.07, 6.45) is -5.00. The molecule has 1 heterocycles. The molecule has 0 spiro atoms. The molecular weight excluding hydrogens is 255 g/mol. The van der Waals surface area contributed by atoms with Crippen LogP contribution in [0.15, 0.2) is 12.3 Å². The van der Waals surface area contributed by atoms with Crippen LogP contribution in [-0.2, 0) is 16.1 Å². The molecule has 0 aromatic carbocycles. The molecule has 0 radical (unpaired) electrons. The number of carbonyl (C=O) groups excluding carboxylic acids is 1. The molecule has 0 atom stereocenters. The molecule has 0 aliphatic heterocycles. The highest BCUT2D eigenvalue weighted by atomic mass is 19.4. The van der Waals surface area contributed by atoms with Crippen molar-refractivity contribution < 1.29 is 27.9 Å². The minimum Gasteiger partial charge on any atom is -0.480 e. The summed E-state index contributed by atoms with van der Waals surface area (Å²) in [5.74, 6) is -1.93. The van der Waals surface area contributed by atoms with Crippen LogP contribution < -0.4 is 5.32 Å². The van der Waals surface area contributed by atoms with E-state index in [0.29, 0.717) is 0 Å². The van der Waals surface area contributed by atoms with Gasteiger partial charge in [0.15, 0.2) is 5.82 Å². The molecule has 2 N–H and O–H groups in total. The fourth-order valence-corrected chi connectivity index (χ4v) is 1.12. The molecule has 0 saturated heterocycles. The van der Waals surface area contributed by atoms with Gasteiger partial charge in [0.05, 0.1) is 6.42 Å². The second kappa shape index (κ2) is 5.52. The summed E-state index contributed by atoms with van der Waals surface area (Å²) in [4.78, 5) is 21.5. The lowest BCUT2D eigenvalue weighted by molar-refractivity contribution is -0.142. The van der Waals surface area contributed by atoms with Crippen molar-refractivity contribution in [1.29, 1.82) is 0 Å². The highest BCUT2D eigenvalue weighted by Crippen LogP contribution is 2.21. The number of hydrogen-bond acceptors (Lipinski definition) is 3. The zero-order chi connectivity index (χ0) is 13.8. The van der Waals surface area contributed by atoms with Crippen molar-refractivity contribution in [3.05, 3.63) is 12.3 Å². The third-order valence-electron chi connectivity index (χ3n) is 1.84. The van der Waals surface area contributed by atoms with Crippen LogP contribution in [0.25, 0.3) is 0 Å². The Hall–Kier alpha value is -2.06. The maximum Gasteiger partial charge on any atom is 0.389 e. The Kier molecular flexibility index (Phi) is 4.29. The molecule has 18 heavy (non-hydrogen) atoms. The summed E-state index contributed by atoms with van der Waals surface area (Å²) in [5.41, 5.74) is 0. The van der Waals surface area contributed by atoms with Gasteiger partial charge in [-0.05, 0) is 0 Å². The number of rotatable bonds is 5. The summed E-state index contributed by atoms with van der Waals surface area (Å²) < 4.78 is 36.6. The van der Waals surface area contributed by atoms with Gasteiger partial charge in [0, 0.05) is 18.7 Å². The molecule has 0 saturated carbocycles. The number of nitrogens with zero attached hydrogens (tertiary/aromatic N) is 2. The van der Waals surface area contributed by atoms with Crippen molar-refractivity contribution in [3.63, 3.8) is 0 Å². The van der Waals surface area contributed by atoms with E-state index in [-0.39, 0.29) is 5.82 Å². The number of alkyl halides is 3. The topological polar surface area (TPSA) is 84.2 Å². The minimum atomic E-state index is -4.39. The SMILES string of the molecule is O=C(O)Cn1ccc(NC(=O)CCC(F)(F)F)n1. The molecule has 0 aliphatic carbocycles. The summed E-state index contributed by atoms with van der Waals surface area (Å²) in [5, 5.41) is 14.3. The number of carboxylic acids is 1. The highest BCUT2D eigenvalue weighted by molar-refractivity contribution is 5.89. The second-order valence-electron chi connectivity index (χ2n) is 3.46. The van der Waals surface area contributed by atoms with E-state index in [0.717, 1.165) is 4.68 Å². The predicted molar refractivity (Wildman–Crippen MR) is 53.8 cm³/mol. The Labute approximate surface area is 99.4 Å². The number of hydrogen-bond donors (Lipinski definition) is 2.